The second-order valence-corrected chi connectivity index (χ2v) is 7.08. The number of aromatic nitrogens is 1. The van der Waals surface area contributed by atoms with Crippen LogP contribution in [-0.4, -0.2) is 10.9 Å². The highest BCUT2D eigenvalue weighted by molar-refractivity contribution is 5.75. The van der Waals surface area contributed by atoms with E-state index >= 15 is 0 Å². The van der Waals surface area contributed by atoms with Crippen LogP contribution in [0.15, 0.2) is 30.3 Å². The molecule has 2 heterocycles. The largest absolute Gasteiger partial charge is 0.311 e. The Morgan fingerprint density at radius 1 is 1.10 bits per heavy atom. The smallest absolute Gasteiger partial charge is 0.166 e. The van der Waals surface area contributed by atoms with E-state index in [0.29, 0.717) is 11.8 Å². The minimum Gasteiger partial charge on any atom is -0.311 e. The average Bonchev–Trinajstić information content (AvgIpc) is 3.20. The lowest BCUT2D eigenvalue weighted by molar-refractivity contribution is 0.111. The summed E-state index contributed by atoms with van der Waals surface area (Å²) in [5, 5.41) is 0. The van der Waals surface area contributed by atoms with Gasteiger partial charge in [-0.2, -0.15) is 0 Å². The molecule has 0 amide bonds. The topological polar surface area (TPSA) is 22.0 Å². The quantitative estimate of drug-likeness (QED) is 0.716. The average molecular weight is 277 g/mol. The highest BCUT2D eigenvalue weighted by atomic mass is 16.1. The molecule has 5 rings (SSSR count). The number of hydrogen-bond donors (Lipinski definition) is 0. The Labute approximate surface area is 124 Å². The first kappa shape index (κ1) is 11.8. The monoisotopic (exact) mass is 277 g/mol. The number of rotatable bonds is 1. The first-order valence-corrected chi connectivity index (χ1v) is 8.05. The normalized spacial score (nSPS) is 31.7. The van der Waals surface area contributed by atoms with Crippen molar-refractivity contribution in [2.45, 2.75) is 38.0 Å². The zero-order valence-corrected chi connectivity index (χ0v) is 12.3. The van der Waals surface area contributed by atoms with Crippen LogP contribution in [0.4, 0.5) is 0 Å². The van der Waals surface area contributed by atoms with Crippen LogP contribution in [0.5, 0.6) is 0 Å². The van der Waals surface area contributed by atoms with Gasteiger partial charge < -0.3 is 4.57 Å². The maximum absolute atomic E-state index is 11.4. The number of hydrogen-bond acceptors (Lipinski definition) is 1. The molecule has 4 unspecified atom stereocenters. The molecule has 2 bridgehead atoms. The number of carbonyl (C=O) groups is 1. The standard InChI is InChI=1S/C19H19NO/c1-11-2-6-16-15(8-11)18-12-3-4-13(9-12)19(18)17-7-5-14(10-21)20(16)17/h2,5-8,10,12-13,18-19H,3-4,9H2,1H3. The Bertz CT molecular complexity index is 757. The molecule has 2 saturated carbocycles. The Hall–Kier alpha value is -1.83. The van der Waals surface area contributed by atoms with Gasteiger partial charge in [-0.15, -0.1) is 0 Å². The van der Waals surface area contributed by atoms with Crippen molar-refractivity contribution < 1.29 is 4.79 Å². The van der Waals surface area contributed by atoms with Gasteiger partial charge in [0.1, 0.15) is 0 Å². The van der Waals surface area contributed by atoms with E-state index in [2.05, 4.69) is 35.8 Å². The van der Waals surface area contributed by atoms with Gasteiger partial charge in [0, 0.05) is 17.3 Å². The molecule has 21 heavy (non-hydrogen) atoms. The third kappa shape index (κ3) is 1.36. The van der Waals surface area contributed by atoms with Crippen molar-refractivity contribution >= 4 is 6.29 Å². The summed E-state index contributed by atoms with van der Waals surface area (Å²) >= 11 is 0. The van der Waals surface area contributed by atoms with Crippen LogP contribution in [0, 0.1) is 18.8 Å². The molecular weight excluding hydrogens is 258 g/mol. The Balaban J connectivity index is 1.84. The Morgan fingerprint density at radius 2 is 1.90 bits per heavy atom. The predicted octanol–water partition coefficient (Wildman–Crippen LogP) is 4.21. The summed E-state index contributed by atoms with van der Waals surface area (Å²) in [6.45, 7) is 2.17. The van der Waals surface area contributed by atoms with Crippen molar-refractivity contribution in [3.8, 4) is 5.69 Å². The molecule has 1 aliphatic heterocycles. The van der Waals surface area contributed by atoms with Crippen molar-refractivity contribution in [2.75, 3.05) is 0 Å². The molecule has 0 spiro atoms. The molecular formula is C19H19NO. The number of aldehydes is 1. The van der Waals surface area contributed by atoms with Gasteiger partial charge in [0.15, 0.2) is 6.29 Å². The molecule has 2 aliphatic carbocycles. The molecule has 106 valence electrons. The van der Waals surface area contributed by atoms with Crippen LogP contribution in [-0.2, 0) is 0 Å². The first-order chi connectivity index (χ1) is 10.3. The van der Waals surface area contributed by atoms with Gasteiger partial charge >= 0.3 is 0 Å². The highest BCUT2D eigenvalue weighted by Gasteiger charge is 2.52. The van der Waals surface area contributed by atoms with E-state index in [-0.39, 0.29) is 0 Å². The van der Waals surface area contributed by atoms with E-state index in [1.54, 1.807) is 0 Å². The van der Waals surface area contributed by atoms with Gasteiger partial charge in [0.05, 0.1) is 5.69 Å². The third-order valence-electron chi connectivity index (χ3n) is 6.10. The number of carbonyl (C=O) groups excluding carboxylic acids is 1. The molecule has 0 radical (unpaired) electrons. The maximum atomic E-state index is 11.4. The fraction of sp³-hybridized carbons (Fsp3) is 0.421. The summed E-state index contributed by atoms with van der Waals surface area (Å²) < 4.78 is 2.23. The van der Waals surface area contributed by atoms with Gasteiger partial charge in [-0.1, -0.05) is 17.7 Å². The molecule has 2 fully saturated rings. The van der Waals surface area contributed by atoms with Crippen LogP contribution in [0.25, 0.3) is 5.69 Å². The summed E-state index contributed by atoms with van der Waals surface area (Å²) in [6, 6.07) is 10.9. The SMILES string of the molecule is Cc1ccc2c(c1)C1C3CCC(C3)C1c1ccc(C=O)n1-2. The molecule has 2 heteroatoms. The summed E-state index contributed by atoms with van der Waals surface area (Å²) in [7, 11) is 0. The van der Waals surface area contributed by atoms with E-state index in [0.717, 1.165) is 23.8 Å². The molecule has 0 saturated heterocycles. The number of nitrogens with zero attached hydrogens (tertiary/aromatic N) is 1. The Kier molecular flexibility index (Phi) is 2.18. The van der Waals surface area contributed by atoms with E-state index in [9.17, 15) is 4.79 Å². The number of benzene rings is 1. The zero-order valence-electron chi connectivity index (χ0n) is 12.3. The lowest BCUT2D eigenvalue weighted by Crippen LogP contribution is -2.27. The first-order valence-electron chi connectivity index (χ1n) is 8.05. The molecule has 1 aromatic carbocycles. The summed E-state index contributed by atoms with van der Waals surface area (Å²) in [6.07, 6.45) is 5.14. The van der Waals surface area contributed by atoms with E-state index < -0.39 is 0 Å². The lowest BCUT2D eigenvalue weighted by Gasteiger charge is -2.38. The predicted molar refractivity (Wildman–Crippen MR) is 82.2 cm³/mol. The van der Waals surface area contributed by atoms with Crippen molar-refractivity contribution in [3.05, 3.63) is 52.8 Å². The van der Waals surface area contributed by atoms with E-state index in [1.807, 2.05) is 6.07 Å². The summed E-state index contributed by atoms with van der Waals surface area (Å²) in [5.74, 6) is 2.98. The highest BCUT2D eigenvalue weighted by Crippen LogP contribution is 2.63. The fourth-order valence-corrected chi connectivity index (χ4v) is 5.41. The van der Waals surface area contributed by atoms with Crippen LogP contribution < -0.4 is 0 Å². The molecule has 4 atom stereocenters. The molecule has 0 N–H and O–H groups in total. The fourth-order valence-electron chi connectivity index (χ4n) is 5.41. The Morgan fingerprint density at radius 3 is 2.71 bits per heavy atom. The van der Waals surface area contributed by atoms with Gasteiger partial charge in [0.25, 0.3) is 0 Å². The summed E-state index contributed by atoms with van der Waals surface area (Å²) in [5.41, 5.74) is 6.25. The van der Waals surface area contributed by atoms with Crippen molar-refractivity contribution in [1.29, 1.82) is 0 Å². The van der Waals surface area contributed by atoms with Crippen LogP contribution in [0.1, 0.15) is 58.4 Å². The number of fused-ring (bicyclic) bond motifs is 10. The molecule has 2 nitrogen and oxygen atoms in total. The van der Waals surface area contributed by atoms with E-state index in [4.69, 9.17) is 0 Å². The van der Waals surface area contributed by atoms with Crippen LogP contribution >= 0.6 is 0 Å². The summed E-state index contributed by atoms with van der Waals surface area (Å²) in [4.78, 5) is 11.4. The minimum absolute atomic E-state index is 0.631. The maximum Gasteiger partial charge on any atom is 0.166 e. The van der Waals surface area contributed by atoms with Crippen LogP contribution in [0.2, 0.25) is 0 Å². The van der Waals surface area contributed by atoms with Crippen molar-refractivity contribution in [3.63, 3.8) is 0 Å². The van der Waals surface area contributed by atoms with E-state index in [1.165, 1.54) is 41.8 Å². The molecule has 3 aliphatic rings. The second kappa shape index (κ2) is 3.88. The number of aryl methyl sites for hydroxylation is 1. The molecule has 2 aromatic rings. The minimum atomic E-state index is 0.631. The lowest BCUT2D eigenvalue weighted by atomic mass is 9.71. The van der Waals surface area contributed by atoms with Gasteiger partial charge in [0.2, 0.25) is 0 Å². The second-order valence-electron chi connectivity index (χ2n) is 7.08. The van der Waals surface area contributed by atoms with Gasteiger partial charge in [-0.3, -0.25) is 4.79 Å². The van der Waals surface area contributed by atoms with Crippen molar-refractivity contribution in [2.24, 2.45) is 11.8 Å². The van der Waals surface area contributed by atoms with Crippen LogP contribution in [0.3, 0.4) is 0 Å². The third-order valence-corrected chi connectivity index (χ3v) is 6.10. The molecule has 1 aromatic heterocycles. The zero-order chi connectivity index (χ0) is 14.1. The van der Waals surface area contributed by atoms with Crippen molar-refractivity contribution in [1.82, 2.24) is 4.57 Å². The van der Waals surface area contributed by atoms with Gasteiger partial charge in [-0.05, 0) is 67.7 Å². The van der Waals surface area contributed by atoms with Gasteiger partial charge in [-0.25, -0.2) is 0 Å².